The van der Waals surface area contributed by atoms with E-state index < -0.39 is 6.04 Å². The molecule has 0 aliphatic carbocycles. The Hall–Kier alpha value is -3.55. The summed E-state index contributed by atoms with van der Waals surface area (Å²) in [6.45, 7) is 6.51. The van der Waals surface area contributed by atoms with Crippen LogP contribution in [0, 0.1) is 0 Å². The number of hydrogen-bond donors (Lipinski definition) is 1. The fourth-order valence-corrected chi connectivity index (χ4v) is 3.50. The van der Waals surface area contributed by atoms with E-state index in [2.05, 4.69) is 10.4 Å². The van der Waals surface area contributed by atoms with Gasteiger partial charge in [-0.1, -0.05) is 19.1 Å². The van der Waals surface area contributed by atoms with Gasteiger partial charge in [-0.05, 0) is 31.5 Å². The van der Waals surface area contributed by atoms with Crippen LogP contribution in [0.15, 0.2) is 51.9 Å². The molecule has 3 aromatic heterocycles. The average molecular weight is 408 g/mol. The molecule has 0 bridgehead atoms. The predicted molar refractivity (Wildman–Crippen MR) is 113 cm³/mol. The zero-order valence-corrected chi connectivity index (χ0v) is 17.2. The van der Waals surface area contributed by atoms with E-state index in [0.717, 1.165) is 16.8 Å². The number of rotatable bonds is 7. The van der Waals surface area contributed by atoms with Crippen LogP contribution in [0.1, 0.15) is 38.2 Å². The van der Waals surface area contributed by atoms with Crippen molar-refractivity contribution in [3.05, 3.63) is 64.4 Å². The molecule has 4 rings (SSSR count). The molecule has 3 heterocycles. The molecule has 8 heteroatoms. The molecule has 1 N–H and O–H groups in total. The number of nitrogens with zero attached hydrogens (tertiary/aromatic N) is 3. The molecule has 0 aliphatic rings. The third-order valence-electron chi connectivity index (χ3n) is 5.10. The molecular weight excluding hydrogens is 384 g/mol. The SMILES string of the molecule is CCOc1ccc(CNC(=O)[C@@H](C)n2nc(CC)n3c(cc4occc43)c2=O)cc1. The first-order chi connectivity index (χ1) is 14.5. The number of nitrogens with one attached hydrogen (secondary N) is 1. The van der Waals surface area contributed by atoms with Crippen molar-refractivity contribution in [3.8, 4) is 5.75 Å². The summed E-state index contributed by atoms with van der Waals surface area (Å²) in [6.07, 6.45) is 2.19. The van der Waals surface area contributed by atoms with Crippen LogP contribution in [0.2, 0.25) is 0 Å². The summed E-state index contributed by atoms with van der Waals surface area (Å²) in [7, 11) is 0. The van der Waals surface area contributed by atoms with Gasteiger partial charge in [-0.15, -0.1) is 0 Å². The van der Waals surface area contributed by atoms with Crippen LogP contribution in [0.3, 0.4) is 0 Å². The Morgan fingerprint density at radius 1 is 1.20 bits per heavy atom. The van der Waals surface area contributed by atoms with E-state index in [-0.39, 0.29) is 11.5 Å². The second kappa shape index (κ2) is 8.06. The maximum atomic E-state index is 13.0. The van der Waals surface area contributed by atoms with Crippen LogP contribution in [0.25, 0.3) is 16.6 Å². The standard InChI is InChI=1S/C22H24N4O4/c1-4-20-24-26(22(28)18-12-19-17(25(18)20)10-11-30-19)14(3)21(27)23-13-15-6-8-16(9-7-15)29-5-2/h6-12,14H,4-5,13H2,1-3H3,(H,23,27)/t14-/m1/s1. The van der Waals surface area contributed by atoms with E-state index in [9.17, 15) is 9.59 Å². The number of aromatic nitrogens is 3. The number of fused-ring (bicyclic) bond motifs is 3. The zero-order valence-electron chi connectivity index (χ0n) is 17.2. The Balaban J connectivity index is 1.57. The number of amides is 1. The number of aryl methyl sites for hydroxylation is 1. The lowest BCUT2D eigenvalue weighted by molar-refractivity contribution is -0.124. The zero-order chi connectivity index (χ0) is 21.3. The van der Waals surface area contributed by atoms with Gasteiger partial charge in [-0.3, -0.25) is 14.0 Å². The molecule has 156 valence electrons. The summed E-state index contributed by atoms with van der Waals surface area (Å²) >= 11 is 0. The van der Waals surface area contributed by atoms with Gasteiger partial charge in [0.2, 0.25) is 5.91 Å². The third kappa shape index (κ3) is 3.45. The quantitative estimate of drug-likeness (QED) is 0.507. The maximum Gasteiger partial charge on any atom is 0.291 e. The van der Waals surface area contributed by atoms with Crippen LogP contribution >= 0.6 is 0 Å². The lowest BCUT2D eigenvalue weighted by Gasteiger charge is -2.16. The molecule has 0 aliphatic heterocycles. The molecule has 4 aromatic rings. The number of hydrogen-bond acceptors (Lipinski definition) is 5. The minimum absolute atomic E-state index is 0.278. The van der Waals surface area contributed by atoms with Gasteiger partial charge in [0.15, 0.2) is 5.58 Å². The highest BCUT2D eigenvalue weighted by Gasteiger charge is 2.22. The average Bonchev–Trinajstić information content (AvgIpc) is 3.35. The normalized spacial score (nSPS) is 12.4. The Labute approximate surface area is 173 Å². The van der Waals surface area contributed by atoms with E-state index in [1.807, 2.05) is 38.1 Å². The van der Waals surface area contributed by atoms with Crippen molar-refractivity contribution in [1.82, 2.24) is 19.5 Å². The molecule has 0 saturated carbocycles. The van der Waals surface area contributed by atoms with Crippen LogP contribution in [-0.2, 0) is 17.8 Å². The lowest BCUT2D eigenvalue weighted by atomic mass is 10.2. The fraction of sp³-hybridized carbons (Fsp3) is 0.318. The Morgan fingerprint density at radius 2 is 1.97 bits per heavy atom. The van der Waals surface area contributed by atoms with Gasteiger partial charge in [-0.2, -0.15) is 5.10 Å². The highest BCUT2D eigenvalue weighted by molar-refractivity contribution is 5.83. The van der Waals surface area contributed by atoms with Crippen molar-refractivity contribution in [1.29, 1.82) is 0 Å². The molecule has 1 atom stereocenters. The Morgan fingerprint density at radius 3 is 2.67 bits per heavy atom. The first-order valence-electron chi connectivity index (χ1n) is 10.0. The van der Waals surface area contributed by atoms with E-state index >= 15 is 0 Å². The van der Waals surface area contributed by atoms with Gasteiger partial charge in [-0.25, -0.2) is 4.68 Å². The topological polar surface area (TPSA) is 90.8 Å². The monoisotopic (exact) mass is 408 g/mol. The van der Waals surface area contributed by atoms with Crippen molar-refractivity contribution < 1.29 is 13.9 Å². The molecular formula is C22H24N4O4. The van der Waals surface area contributed by atoms with Gasteiger partial charge >= 0.3 is 0 Å². The van der Waals surface area contributed by atoms with Gasteiger partial charge in [0.25, 0.3) is 5.56 Å². The van der Waals surface area contributed by atoms with Crippen molar-refractivity contribution in [2.24, 2.45) is 0 Å². The molecule has 0 radical (unpaired) electrons. The third-order valence-corrected chi connectivity index (χ3v) is 5.10. The number of carbonyl (C=O) groups excluding carboxylic acids is 1. The Bertz CT molecular complexity index is 1250. The van der Waals surface area contributed by atoms with E-state index in [0.29, 0.717) is 36.5 Å². The summed E-state index contributed by atoms with van der Waals surface area (Å²) in [5, 5.41) is 7.36. The first kappa shape index (κ1) is 19.8. The van der Waals surface area contributed by atoms with Gasteiger partial charge < -0.3 is 14.5 Å². The van der Waals surface area contributed by atoms with Gasteiger partial charge in [0.05, 0.1) is 18.4 Å². The molecule has 8 nitrogen and oxygen atoms in total. The first-order valence-corrected chi connectivity index (χ1v) is 10.0. The fourth-order valence-electron chi connectivity index (χ4n) is 3.50. The molecule has 0 spiro atoms. The van der Waals surface area contributed by atoms with Crippen LogP contribution in [0.5, 0.6) is 5.75 Å². The second-order valence-corrected chi connectivity index (χ2v) is 7.03. The minimum atomic E-state index is -0.753. The molecule has 0 saturated heterocycles. The summed E-state index contributed by atoms with van der Waals surface area (Å²) in [5.41, 5.74) is 2.47. The summed E-state index contributed by atoms with van der Waals surface area (Å²) in [6, 6.07) is 10.3. The van der Waals surface area contributed by atoms with Crippen LogP contribution in [0.4, 0.5) is 0 Å². The van der Waals surface area contributed by atoms with E-state index in [4.69, 9.17) is 9.15 Å². The lowest BCUT2D eigenvalue weighted by Crippen LogP contribution is -2.38. The Kier molecular flexibility index (Phi) is 5.31. The van der Waals surface area contributed by atoms with Crippen LogP contribution < -0.4 is 15.6 Å². The highest BCUT2D eigenvalue weighted by Crippen LogP contribution is 2.21. The van der Waals surface area contributed by atoms with E-state index in [1.54, 1.807) is 29.7 Å². The summed E-state index contributed by atoms with van der Waals surface area (Å²) < 4.78 is 13.9. The van der Waals surface area contributed by atoms with Crippen molar-refractivity contribution >= 4 is 22.5 Å². The van der Waals surface area contributed by atoms with Gasteiger partial charge in [0.1, 0.15) is 23.1 Å². The molecule has 1 aromatic carbocycles. The van der Waals surface area contributed by atoms with Crippen molar-refractivity contribution in [2.45, 2.75) is 39.8 Å². The highest BCUT2D eigenvalue weighted by atomic mass is 16.5. The summed E-state index contributed by atoms with van der Waals surface area (Å²) in [5.74, 6) is 1.20. The van der Waals surface area contributed by atoms with Crippen LogP contribution in [-0.4, -0.2) is 26.7 Å². The number of furan rings is 1. The van der Waals surface area contributed by atoms with Gasteiger partial charge in [0, 0.05) is 25.1 Å². The van der Waals surface area contributed by atoms with Crippen molar-refractivity contribution in [3.63, 3.8) is 0 Å². The summed E-state index contributed by atoms with van der Waals surface area (Å²) in [4.78, 5) is 25.8. The molecule has 0 fully saturated rings. The van der Waals surface area contributed by atoms with Crippen molar-refractivity contribution in [2.75, 3.05) is 6.61 Å². The number of ether oxygens (including phenoxy) is 1. The number of benzene rings is 1. The maximum absolute atomic E-state index is 13.0. The molecule has 1 amide bonds. The minimum Gasteiger partial charge on any atom is -0.494 e. The smallest absolute Gasteiger partial charge is 0.291 e. The second-order valence-electron chi connectivity index (χ2n) is 7.03. The van der Waals surface area contributed by atoms with E-state index in [1.165, 1.54) is 4.68 Å². The largest absolute Gasteiger partial charge is 0.494 e. The molecule has 30 heavy (non-hydrogen) atoms. The predicted octanol–water partition coefficient (Wildman–Crippen LogP) is 3.08. The molecule has 0 unspecified atom stereocenters. The number of carbonyl (C=O) groups is 1.